The molecule has 24 heavy (non-hydrogen) atoms. The van der Waals surface area contributed by atoms with Gasteiger partial charge in [-0.05, 0) is 29.9 Å². The zero-order chi connectivity index (χ0) is 17.9. The second-order valence-electron chi connectivity index (χ2n) is 7.46. The van der Waals surface area contributed by atoms with Crippen LogP contribution in [0.15, 0.2) is 18.2 Å². The lowest BCUT2D eigenvalue weighted by Crippen LogP contribution is -2.47. The number of hydrogen-bond donors (Lipinski definition) is 1. The van der Waals surface area contributed by atoms with Gasteiger partial charge in [0, 0.05) is 29.3 Å². The van der Waals surface area contributed by atoms with Gasteiger partial charge in [0.05, 0.1) is 6.54 Å². The van der Waals surface area contributed by atoms with E-state index in [9.17, 15) is 4.79 Å². The van der Waals surface area contributed by atoms with Crippen LogP contribution in [0, 0.1) is 0 Å². The van der Waals surface area contributed by atoms with Crippen LogP contribution in [0.2, 0.25) is 0 Å². The van der Waals surface area contributed by atoms with Crippen LogP contribution in [0.5, 0.6) is 0 Å². The molecular weight excluding hydrogens is 316 g/mol. The molecule has 1 heterocycles. The molecule has 2 atom stereocenters. The van der Waals surface area contributed by atoms with Crippen molar-refractivity contribution in [1.82, 2.24) is 4.90 Å². The zero-order valence-electron chi connectivity index (χ0n) is 15.9. The SMILES string of the molecule is CC(C)c1cccc(C(C)C)c1NC(=O)CN1CCSC(C)C1C. The molecular formula is C20H32N2OS. The van der Waals surface area contributed by atoms with E-state index in [1.807, 2.05) is 11.8 Å². The lowest BCUT2D eigenvalue weighted by Gasteiger charge is -2.37. The Hall–Kier alpha value is -1.000. The third-order valence-corrected chi connectivity index (χ3v) is 6.34. The molecule has 0 saturated carbocycles. The van der Waals surface area contributed by atoms with Crippen LogP contribution in [0.1, 0.15) is 64.5 Å². The number of benzene rings is 1. The maximum atomic E-state index is 12.7. The predicted octanol–water partition coefficient (Wildman–Crippen LogP) is 4.70. The van der Waals surface area contributed by atoms with E-state index in [0.717, 1.165) is 18.0 Å². The Kier molecular flexibility index (Phi) is 6.76. The summed E-state index contributed by atoms with van der Waals surface area (Å²) in [5, 5.41) is 3.82. The minimum atomic E-state index is 0.107. The van der Waals surface area contributed by atoms with E-state index in [2.05, 4.69) is 70.0 Å². The molecule has 1 aromatic rings. The van der Waals surface area contributed by atoms with Gasteiger partial charge in [0.1, 0.15) is 0 Å². The summed E-state index contributed by atoms with van der Waals surface area (Å²) in [5.74, 6) is 2.00. The highest BCUT2D eigenvalue weighted by atomic mass is 32.2. The molecule has 4 heteroatoms. The minimum Gasteiger partial charge on any atom is -0.324 e. The Labute approximate surface area is 151 Å². The molecule has 1 aliphatic rings. The number of amides is 1. The quantitative estimate of drug-likeness (QED) is 0.837. The van der Waals surface area contributed by atoms with Gasteiger partial charge in [-0.2, -0.15) is 11.8 Å². The molecule has 2 rings (SSSR count). The summed E-state index contributed by atoms with van der Waals surface area (Å²) in [6, 6.07) is 6.81. The summed E-state index contributed by atoms with van der Waals surface area (Å²) in [7, 11) is 0. The molecule has 3 nitrogen and oxygen atoms in total. The van der Waals surface area contributed by atoms with Gasteiger partial charge in [-0.25, -0.2) is 0 Å². The highest BCUT2D eigenvalue weighted by Gasteiger charge is 2.27. The Morgan fingerprint density at radius 3 is 2.33 bits per heavy atom. The van der Waals surface area contributed by atoms with E-state index in [1.165, 1.54) is 11.1 Å². The molecule has 2 unspecified atom stereocenters. The van der Waals surface area contributed by atoms with Gasteiger partial charge in [-0.1, -0.05) is 52.8 Å². The third kappa shape index (κ3) is 4.54. The highest BCUT2D eigenvalue weighted by molar-refractivity contribution is 8.00. The number of carbonyl (C=O) groups is 1. The van der Waals surface area contributed by atoms with Gasteiger partial charge in [0.25, 0.3) is 0 Å². The highest BCUT2D eigenvalue weighted by Crippen LogP contribution is 2.32. The standard InChI is InChI=1S/C20H32N2OS/c1-13(2)17-8-7-9-18(14(3)4)20(17)21-19(23)12-22-10-11-24-16(6)15(22)5/h7-9,13-16H,10-12H2,1-6H3,(H,21,23). The van der Waals surface area contributed by atoms with Crippen LogP contribution in [0.3, 0.4) is 0 Å². The second-order valence-corrected chi connectivity index (χ2v) is 8.94. The van der Waals surface area contributed by atoms with Gasteiger partial charge in [-0.3, -0.25) is 9.69 Å². The van der Waals surface area contributed by atoms with Gasteiger partial charge >= 0.3 is 0 Å². The first-order valence-corrected chi connectivity index (χ1v) is 10.1. The predicted molar refractivity (Wildman–Crippen MR) is 106 cm³/mol. The van der Waals surface area contributed by atoms with Crippen LogP contribution < -0.4 is 5.32 Å². The van der Waals surface area contributed by atoms with Crippen molar-refractivity contribution in [2.45, 2.75) is 64.7 Å². The van der Waals surface area contributed by atoms with Crippen molar-refractivity contribution in [2.24, 2.45) is 0 Å². The summed E-state index contributed by atoms with van der Waals surface area (Å²) < 4.78 is 0. The van der Waals surface area contributed by atoms with E-state index in [1.54, 1.807) is 0 Å². The first kappa shape index (κ1) is 19.3. The number of hydrogen-bond acceptors (Lipinski definition) is 3. The smallest absolute Gasteiger partial charge is 0.238 e. The normalized spacial score (nSPS) is 22.2. The number of thioether (sulfide) groups is 1. The molecule has 134 valence electrons. The molecule has 0 aliphatic carbocycles. The molecule has 0 radical (unpaired) electrons. The van der Waals surface area contributed by atoms with Crippen molar-refractivity contribution in [3.63, 3.8) is 0 Å². The summed E-state index contributed by atoms with van der Waals surface area (Å²) in [5.41, 5.74) is 3.48. The largest absolute Gasteiger partial charge is 0.324 e. The molecule has 1 aromatic carbocycles. The average Bonchev–Trinajstić information content (AvgIpc) is 2.51. The molecule has 0 aromatic heterocycles. The van der Waals surface area contributed by atoms with Crippen molar-refractivity contribution in [3.8, 4) is 0 Å². The van der Waals surface area contributed by atoms with E-state index in [-0.39, 0.29) is 5.91 Å². The number of rotatable bonds is 5. The minimum absolute atomic E-state index is 0.107. The van der Waals surface area contributed by atoms with Crippen LogP contribution in [-0.4, -0.2) is 40.9 Å². The summed E-state index contributed by atoms with van der Waals surface area (Å²) in [4.78, 5) is 15.0. The van der Waals surface area contributed by atoms with Crippen molar-refractivity contribution < 1.29 is 4.79 Å². The molecule has 0 spiro atoms. The summed E-state index contributed by atoms with van der Waals surface area (Å²) >= 11 is 2.00. The number of para-hydroxylation sites is 1. The van der Waals surface area contributed by atoms with Crippen molar-refractivity contribution in [3.05, 3.63) is 29.3 Å². The van der Waals surface area contributed by atoms with Gasteiger partial charge < -0.3 is 5.32 Å². The average molecular weight is 349 g/mol. The van der Waals surface area contributed by atoms with Gasteiger partial charge in [0.2, 0.25) is 5.91 Å². The third-order valence-electron chi connectivity index (χ3n) is 5.00. The Morgan fingerprint density at radius 2 is 1.79 bits per heavy atom. The summed E-state index contributed by atoms with van der Waals surface area (Å²) in [6.45, 7) is 14.7. The molecule has 1 fully saturated rings. The molecule has 1 aliphatic heterocycles. The van der Waals surface area contributed by atoms with E-state index < -0.39 is 0 Å². The second kappa shape index (κ2) is 8.39. The van der Waals surface area contributed by atoms with Crippen LogP contribution in [-0.2, 0) is 4.79 Å². The molecule has 1 saturated heterocycles. The van der Waals surface area contributed by atoms with E-state index in [4.69, 9.17) is 0 Å². The van der Waals surface area contributed by atoms with Crippen molar-refractivity contribution in [2.75, 3.05) is 24.2 Å². The maximum Gasteiger partial charge on any atom is 0.238 e. The number of nitrogens with zero attached hydrogens (tertiary/aromatic N) is 1. The monoisotopic (exact) mass is 348 g/mol. The lowest BCUT2D eigenvalue weighted by molar-refractivity contribution is -0.117. The Bertz CT molecular complexity index is 545. The first-order chi connectivity index (χ1) is 11.3. The van der Waals surface area contributed by atoms with Crippen LogP contribution in [0.25, 0.3) is 0 Å². The maximum absolute atomic E-state index is 12.7. The van der Waals surface area contributed by atoms with E-state index in [0.29, 0.717) is 29.7 Å². The Morgan fingerprint density at radius 1 is 1.21 bits per heavy atom. The first-order valence-electron chi connectivity index (χ1n) is 9.09. The van der Waals surface area contributed by atoms with Crippen molar-refractivity contribution >= 4 is 23.4 Å². The molecule has 0 bridgehead atoms. The molecule has 1 N–H and O–H groups in total. The van der Waals surface area contributed by atoms with Crippen molar-refractivity contribution in [1.29, 1.82) is 0 Å². The number of anilines is 1. The number of nitrogens with one attached hydrogen (secondary N) is 1. The molecule has 1 amide bonds. The van der Waals surface area contributed by atoms with Crippen LogP contribution in [0.4, 0.5) is 5.69 Å². The zero-order valence-corrected chi connectivity index (χ0v) is 16.7. The van der Waals surface area contributed by atoms with E-state index >= 15 is 0 Å². The summed E-state index contributed by atoms with van der Waals surface area (Å²) in [6.07, 6.45) is 0. The van der Waals surface area contributed by atoms with Gasteiger partial charge in [0.15, 0.2) is 0 Å². The lowest BCUT2D eigenvalue weighted by atomic mass is 9.92. The Balaban J connectivity index is 2.16. The topological polar surface area (TPSA) is 32.3 Å². The van der Waals surface area contributed by atoms with Gasteiger partial charge in [-0.15, -0.1) is 0 Å². The number of carbonyl (C=O) groups excluding carboxylic acids is 1. The fourth-order valence-corrected chi connectivity index (χ4v) is 4.44. The van der Waals surface area contributed by atoms with Crippen LogP contribution >= 0.6 is 11.8 Å². The fraction of sp³-hybridized carbons (Fsp3) is 0.650. The fourth-order valence-electron chi connectivity index (χ4n) is 3.28.